The highest BCUT2D eigenvalue weighted by Gasteiger charge is 2.01. The molecule has 0 spiro atoms. The summed E-state index contributed by atoms with van der Waals surface area (Å²) in [6, 6.07) is 4.80. The molecule has 1 aromatic carbocycles. The number of nitrogens with two attached hydrogens (primary N) is 1. The predicted molar refractivity (Wildman–Crippen MR) is 43.9 cm³/mol. The van der Waals surface area contributed by atoms with Gasteiger partial charge in [-0.1, -0.05) is 0 Å². The third-order valence-corrected chi connectivity index (χ3v) is 1.61. The maximum atomic E-state index is 12.9. The van der Waals surface area contributed by atoms with E-state index in [-0.39, 0.29) is 0 Å². The summed E-state index contributed by atoms with van der Waals surface area (Å²) in [6.45, 7) is 0. The first kappa shape index (κ1) is 6.97. The summed E-state index contributed by atoms with van der Waals surface area (Å²) < 4.78 is 12.9. The predicted octanol–water partition coefficient (Wildman–Crippen LogP) is 1.35. The van der Waals surface area contributed by atoms with Crippen LogP contribution in [0.3, 0.4) is 0 Å². The van der Waals surface area contributed by atoms with Crippen molar-refractivity contribution >= 4 is 16.6 Å². The van der Waals surface area contributed by atoms with Crippen molar-refractivity contribution in [2.75, 3.05) is 5.73 Å². The van der Waals surface area contributed by atoms with Crippen molar-refractivity contribution in [1.29, 1.82) is 0 Å². The molecule has 2 N–H and O–H groups in total. The van der Waals surface area contributed by atoms with Crippen LogP contribution in [0.15, 0.2) is 24.5 Å². The van der Waals surface area contributed by atoms with E-state index in [1.165, 1.54) is 6.33 Å². The number of rotatable bonds is 0. The second-order valence-electron chi connectivity index (χ2n) is 2.44. The summed E-state index contributed by atoms with van der Waals surface area (Å²) in [7, 11) is 0. The maximum Gasteiger partial charge on any atom is 0.223 e. The molecule has 0 bridgehead atoms. The lowest BCUT2D eigenvalue weighted by atomic mass is 10.2. The molecular weight excluding hydrogens is 157 g/mol. The molecule has 0 saturated carbocycles. The number of anilines is 1. The summed E-state index contributed by atoms with van der Waals surface area (Å²) in [4.78, 5) is 7.29. The lowest BCUT2D eigenvalue weighted by Crippen LogP contribution is -1.90. The van der Waals surface area contributed by atoms with E-state index in [9.17, 15) is 4.39 Å². The Labute approximate surface area is 68.1 Å². The van der Waals surface area contributed by atoms with Crippen molar-refractivity contribution in [3.63, 3.8) is 0 Å². The van der Waals surface area contributed by atoms with Gasteiger partial charge in [0.15, 0.2) is 0 Å². The van der Waals surface area contributed by atoms with Crippen LogP contribution < -0.4 is 5.73 Å². The monoisotopic (exact) mass is 163 g/mol. The van der Waals surface area contributed by atoms with Crippen molar-refractivity contribution in [3.8, 4) is 0 Å². The molecule has 12 heavy (non-hydrogen) atoms. The third kappa shape index (κ3) is 0.972. The first-order chi connectivity index (χ1) is 5.77. The summed E-state index contributed by atoms with van der Waals surface area (Å²) in [6.07, 6.45) is 1.18. The molecule has 2 rings (SSSR count). The number of nitrogen functional groups attached to an aromatic ring is 1. The van der Waals surface area contributed by atoms with Crippen molar-refractivity contribution in [2.45, 2.75) is 0 Å². The van der Waals surface area contributed by atoms with Gasteiger partial charge in [0.1, 0.15) is 6.33 Å². The zero-order valence-electron chi connectivity index (χ0n) is 6.16. The number of benzene rings is 1. The molecule has 1 aromatic heterocycles. The van der Waals surface area contributed by atoms with Crippen LogP contribution >= 0.6 is 0 Å². The summed E-state index contributed by atoms with van der Waals surface area (Å²) in [5.74, 6) is -0.514. The lowest BCUT2D eigenvalue weighted by Gasteiger charge is -1.97. The van der Waals surface area contributed by atoms with Crippen molar-refractivity contribution < 1.29 is 4.39 Å². The Kier molecular flexibility index (Phi) is 1.40. The SMILES string of the molecule is Nc1ccc2c(F)ncnc2c1. The highest BCUT2D eigenvalue weighted by Crippen LogP contribution is 2.15. The molecule has 0 aliphatic carbocycles. The molecular formula is C8H6FN3. The Morgan fingerprint density at radius 2 is 2.08 bits per heavy atom. The first-order valence-corrected chi connectivity index (χ1v) is 3.43. The summed E-state index contributed by atoms with van der Waals surface area (Å²) in [5.41, 5.74) is 6.59. The maximum absolute atomic E-state index is 12.9. The number of hydrogen-bond donors (Lipinski definition) is 1. The van der Waals surface area contributed by atoms with Crippen LogP contribution in [0.4, 0.5) is 10.1 Å². The number of halogens is 1. The van der Waals surface area contributed by atoms with Crippen LogP contribution in [-0.2, 0) is 0 Å². The molecule has 3 nitrogen and oxygen atoms in total. The van der Waals surface area contributed by atoms with Gasteiger partial charge < -0.3 is 5.73 Å². The average Bonchev–Trinajstić information content (AvgIpc) is 2.04. The lowest BCUT2D eigenvalue weighted by molar-refractivity contribution is 0.593. The molecule has 0 fully saturated rings. The summed E-state index contributed by atoms with van der Waals surface area (Å²) >= 11 is 0. The largest absolute Gasteiger partial charge is 0.399 e. The fourth-order valence-corrected chi connectivity index (χ4v) is 1.04. The normalized spacial score (nSPS) is 10.4. The zero-order chi connectivity index (χ0) is 8.55. The molecule has 0 radical (unpaired) electrons. The Hall–Kier alpha value is -1.71. The molecule has 0 unspecified atom stereocenters. The number of nitrogens with zero attached hydrogens (tertiary/aromatic N) is 2. The van der Waals surface area contributed by atoms with E-state index in [1.54, 1.807) is 18.2 Å². The van der Waals surface area contributed by atoms with E-state index >= 15 is 0 Å². The van der Waals surface area contributed by atoms with Gasteiger partial charge in [0.25, 0.3) is 0 Å². The Bertz CT molecular complexity index is 428. The van der Waals surface area contributed by atoms with E-state index in [0.717, 1.165) is 0 Å². The minimum absolute atomic E-state index is 0.395. The minimum Gasteiger partial charge on any atom is -0.399 e. The van der Waals surface area contributed by atoms with Gasteiger partial charge in [0.2, 0.25) is 5.95 Å². The smallest absolute Gasteiger partial charge is 0.223 e. The average molecular weight is 163 g/mol. The van der Waals surface area contributed by atoms with Gasteiger partial charge in [-0.15, -0.1) is 0 Å². The molecule has 60 valence electrons. The van der Waals surface area contributed by atoms with Crippen molar-refractivity contribution in [3.05, 3.63) is 30.5 Å². The van der Waals surface area contributed by atoms with Crippen LogP contribution in [0, 0.1) is 5.95 Å². The van der Waals surface area contributed by atoms with Crippen LogP contribution in [0.2, 0.25) is 0 Å². The molecule has 0 aliphatic heterocycles. The minimum atomic E-state index is -0.514. The topological polar surface area (TPSA) is 51.8 Å². The third-order valence-electron chi connectivity index (χ3n) is 1.61. The van der Waals surface area contributed by atoms with Crippen molar-refractivity contribution in [2.24, 2.45) is 0 Å². The first-order valence-electron chi connectivity index (χ1n) is 3.43. The van der Waals surface area contributed by atoms with E-state index in [4.69, 9.17) is 5.73 Å². The molecule has 4 heteroatoms. The number of hydrogen-bond acceptors (Lipinski definition) is 3. The van der Waals surface area contributed by atoms with E-state index in [2.05, 4.69) is 9.97 Å². The van der Waals surface area contributed by atoms with Gasteiger partial charge in [-0.05, 0) is 18.2 Å². The standard InChI is InChI=1S/C8H6FN3/c9-8-6-2-1-5(10)3-7(6)11-4-12-8/h1-4H,10H2. The van der Waals surface area contributed by atoms with Gasteiger partial charge in [-0.25, -0.2) is 9.97 Å². The molecule has 0 amide bonds. The van der Waals surface area contributed by atoms with Gasteiger partial charge in [0.05, 0.1) is 10.9 Å². The second kappa shape index (κ2) is 2.41. The molecule has 0 atom stereocenters. The van der Waals surface area contributed by atoms with Gasteiger partial charge >= 0.3 is 0 Å². The van der Waals surface area contributed by atoms with Crippen LogP contribution in [-0.4, -0.2) is 9.97 Å². The second-order valence-corrected chi connectivity index (χ2v) is 2.44. The van der Waals surface area contributed by atoms with E-state index in [0.29, 0.717) is 16.6 Å². The molecule has 0 saturated heterocycles. The number of fused-ring (bicyclic) bond motifs is 1. The van der Waals surface area contributed by atoms with Crippen LogP contribution in [0.25, 0.3) is 10.9 Å². The quantitative estimate of drug-likeness (QED) is 0.471. The van der Waals surface area contributed by atoms with Crippen molar-refractivity contribution in [1.82, 2.24) is 9.97 Å². The molecule has 0 aliphatic rings. The van der Waals surface area contributed by atoms with Crippen LogP contribution in [0.5, 0.6) is 0 Å². The summed E-state index contributed by atoms with van der Waals surface area (Å²) in [5, 5.41) is 0.395. The highest BCUT2D eigenvalue weighted by molar-refractivity contribution is 5.81. The highest BCUT2D eigenvalue weighted by atomic mass is 19.1. The molecule has 2 aromatic rings. The van der Waals surface area contributed by atoms with Gasteiger partial charge in [0, 0.05) is 5.69 Å². The van der Waals surface area contributed by atoms with Gasteiger partial charge in [-0.2, -0.15) is 4.39 Å². The fourth-order valence-electron chi connectivity index (χ4n) is 1.04. The fraction of sp³-hybridized carbons (Fsp3) is 0. The van der Waals surface area contributed by atoms with Gasteiger partial charge in [-0.3, -0.25) is 0 Å². The Balaban J connectivity index is 2.86. The Morgan fingerprint density at radius 3 is 2.92 bits per heavy atom. The number of aromatic nitrogens is 2. The van der Waals surface area contributed by atoms with E-state index in [1.807, 2.05) is 0 Å². The van der Waals surface area contributed by atoms with E-state index < -0.39 is 5.95 Å². The zero-order valence-corrected chi connectivity index (χ0v) is 6.16. The Morgan fingerprint density at radius 1 is 1.25 bits per heavy atom. The molecule has 1 heterocycles. The van der Waals surface area contributed by atoms with Crippen LogP contribution in [0.1, 0.15) is 0 Å².